The molecule has 1 fully saturated rings. The van der Waals surface area contributed by atoms with Crippen LogP contribution in [0, 0.1) is 6.92 Å². The SMILES string of the molecule is CCOC1CN(C(=O)OC)CC1Nc1c(CC)nc(-c2ccc(N(C)C)cc2C)n(CC)c1=O. The fourth-order valence-corrected chi connectivity index (χ4v) is 4.43. The predicted octanol–water partition coefficient (Wildman–Crippen LogP) is 3.13. The van der Waals surface area contributed by atoms with Crippen LogP contribution in [0.25, 0.3) is 11.4 Å². The molecule has 1 aliphatic rings. The van der Waals surface area contributed by atoms with E-state index in [1.54, 1.807) is 9.47 Å². The molecule has 2 atom stereocenters. The summed E-state index contributed by atoms with van der Waals surface area (Å²) in [6, 6.07) is 5.93. The summed E-state index contributed by atoms with van der Waals surface area (Å²) in [6.07, 6.45) is -0.0546. The van der Waals surface area contributed by atoms with E-state index in [1.165, 1.54) is 7.11 Å². The second-order valence-corrected chi connectivity index (χ2v) is 8.67. The van der Waals surface area contributed by atoms with Crippen molar-refractivity contribution < 1.29 is 14.3 Å². The Labute approximate surface area is 201 Å². The Kier molecular flexibility index (Phi) is 8.19. The van der Waals surface area contributed by atoms with Crippen molar-refractivity contribution in [3.8, 4) is 11.4 Å². The summed E-state index contributed by atoms with van der Waals surface area (Å²) in [5.74, 6) is 0.668. The van der Waals surface area contributed by atoms with E-state index in [9.17, 15) is 9.59 Å². The Morgan fingerprint density at radius 1 is 1.24 bits per heavy atom. The molecule has 0 aliphatic carbocycles. The van der Waals surface area contributed by atoms with Crippen LogP contribution in [0.3, 0.4) is 0 Å². The highest BCUT2D eigenvalue weighted by Gasteiger charge is 2.37. The second kappa shape index (κ2) is 10.9. The molecule has 0 spiro atoms. The van der Waals surface area contributed by atoms with Gasteiger partial charge in [0.2, 0.25) is 0 Å². The van der Waals surface area contributed by atoms with Crippen molar-refractivity contribution in [1.82, 2.24) is 14.5 Å². The van der Waals surface area contributed by atoms with Crippen LogP contribution in [-0.4, -0.2) is 73.6 Å². The van der Waals surface area contributed by atoms with Gasteiger partial charge in [-0.05, 0) is 51.0 Å². The molecule has 2 unspecified atom stereocenters. The minimum Gasteiger partial charge on any atom is -0.453 e. The Hall–Kier alpha value is -3.07. The molecule has 34 heavy (non-hydrogen) atoms. The third kappa shape index (κ3) is 5.04. The van der Waals surface area contributed by atoms with Gasteiger partial charge in [-0.25, -0.2) is 9.78 Å². The summed E-state index contributed by atoms with van der Waals surface area (Å²) in [7, 11) is 5.37. The number of hydrogen-bond acceptors (Lipinski definition) is 7. The van der Waals surface area contributed by atoms with Gasteiger partial charge in [-0.2, -0.15) is 0 Å². The lowest BCUT2D eigenvalue weighted by Crippen LogP contribution is -2.38. The van der Waals surface area contributed by atoms with Gasteiger partial charge in [0.25, 0.3) is 5.56 Å². The molecule has 1 N–H and O–H groups in total. The maximum atomic E-state index is 13.7. The molecule has 9 heteroatoms. The first-order chi connectivity index (χ1) is 16.2. The van der Waals surface area contributed by atoms with E-state index in [4.69, 9.17) is 14.5 Å². The number of aryl methyl sites for hydroxylation is 2. The first kappa shape index (κ1) is 25.6. The van der Waals surface area contributed by atoms with Crippen molar-refractivity contribution in [1.29, 1.82) is 0 Å². The van der Waals surface area contributed by atoms with E-state index in [1.807, 2.05) is 53.9 Å². The smallest absolute Gasteiger partial charge is 0.409 e. The van der Waals surface area contributed by atoms with Crippen LogP contribution in [0.15, 0.2) is 23.0 Å². The van der Waals surface area contributed by atoms with E-state index in [0.717, 1.165) is 16.8 Å². The maximum absolute atomic E-state index is 13.7. The average molecular weight is 472 g/mol. The molecule has 3 rings (SSSR count). The van der Waals surface area contributed by atoms with E-state index in [-0.39, 0.29) is 17.7 Å². The quantitative estimate of drug-likeness (QED) is 0.633. The van der Waals surface area contributed by atoms with Crippen molar-refractivity contribution >= 4 is 17.5 Å². The number of amides is 1. The van der Waals surface area contributed by atoms with Gasteiger partial charge in [0.15, 0.2) is 0 Å². The lowest BCUT2D eigenvalue weighted by atomic mass is 10.1. The molecule has 0 bridgehead atoms. The number of nitrogens with one attached hydrogen (secondary N) is 1. The van der Waals surface area contributed by atoms with Crippen LogP contribution >= 0.6 is 0 Å². The number of nitrogens with zero attached hydrogens (tertiary/aromatic N) is 4. The molecular formula is C25H37N5O4. The largest absolute Gasteiger partial charge is 0.453 e. The lowest BCUT2D eigenvalue weighted by Gasteiger charge is -2.23. The van der Waals surface area contributed by atoms with Crippen molar-refractivity contribution in [2.45, 2.75) is 52.8 Å². The van der Waals surface area contributed by atoms with Crippen molar-refractivity contribution in [2.24, 2.45) is 0 Å². The first-order valence-electron chi connectivity index (χ1n) is 11.9. The van der Waals surface area contributed by atoms with Gasteiger partial charge in [0, 0.05) is 45.0 Å². The van der Waals surface area contributed by atoms with Crippen molar-refractivity contribution in [2.75, 3.05) is 51.1 Å². The summed E-state index contributed by atoms with van der Waals surface area (Å²) in [4.78, 5) is 34.4. The number of methoxy groups -OCH3 is 1. The van der Waals surface area contributed by atoms with Crippen molar-refractivity contribution in [3.63, 3.8) is 0 Å². The summed E-state index contributed by atoms with van der Waals surface area (Å²) in [5, 5.41) is 3.39. The Morgan fingerprint density at radius 3 is 2.53 bits per heavy atom. The van der Waals surface area contributed by atoms with Crippen LogP contribution in [0.2, 0.25) is 0 Å². The zero-order chi connectivity index (χ0) is 25.0. The number of anilines is 2. The zero-order valence-electron chi connectivity index (χ0n) is 21.3. The molecule has 186 valence electrons. The highest BCUT2D eigenvalue weighted by molar-refractivity contribution is 5.69. The number of carbonyl (C=O) groups is 1. The fourth-order valence-electron chi connectivity index (χ4n) is 4.43. The van der Waals surface area contributed by atoms with Crippen molar-refractivity contribution in [3.05, 3.63) is 39.8 Å². The zero-order valence-corrected chi connectivity index (χ0v) is 21.3. The predicted molar refractivity (Wildman–Crippen MR) is 135 cm³/mol. The minimum atomic E-state index is -0.402. The third-order valence-corrected chi connectivity index (χ3v) is 6.27. The standard InChI is InChI=1S/C25H37N5O4/c1-8-19-22(26-20-14-29(25(32)33-7)15-21(20)34-10-3)24(31)30(9-2)23(27-19)18-12-11-17(28(5)6)13-16(18)4/h11-13,20-21,26H,8-10,14-15H2,1-7H3. The van der Waals surface area contributed by atoms with Gasteiger partial charge in [-0.1, -0.05) is 6.92 Å². The van der Waals surface area contributed by atoms with Crippen LogP contribution in [-0.2, 0) is 22.4 Å². The molecule has 0 radical (unpaired) electrons. The minimum absolute atomic E-state index is 0.118. The summed E-state index contributed by atoms with van der Waals surface area (Å²) in [6.45, 7) is 9.69. The van der Waals surface area contributed by atoms with Gasteiger partial charge in [-0.15, -0.1) is 0 Å². The highest BCUT2D eigenvalue weighted by Crippen LogP contribution is 2.27. The summed E-state index contributed by atoms with van der Waals surface area (Å²) in [5.41, 5.74) is 4.15. The molecule has 0 saturated carbocycles. The third-order valence-electron chi connectivity index (χ3n) is 6.27. The monoisotopic (exact) mass is 471 g/mol. The van der Waals surface area contributed by atoms with Gasteiger partial charge in [0.1, 0.15) is 11.5 Å². The number of aromatic nitrogens is 2. The number of hydrogen-bond donors (Lipinski definition) is 1. The molecule has 1 aromatic carbocycles. The molecule has 1 aliphatic heterocycles. The second-order valence-electron chi connectivity index (χ2n) is 8.67. The van der Waals surface area contributed by atoms with Crippen LogP contribution < -0.4 is 15.8 Å². The van der Waals surface area contributed by atoms with Crippen LogP contribution in [0.1, 0.15) is 32.0 Å². The van der Waals surface area contributed by atoms with Gasteiger partial charge < -0.3 is 24.6 Å². The van der Waals surface area contributed by atoms with E-state index in [0.29, 0.717) is 49.9 Å². The van der Waals surface area contributed by atoms with Gasteiger partial charge >= 0.3 is 6.09 Å². The van der Waals surface area contributed by atoms with Gasteiger partial charge in [-0.3, -0.25) is 9.36 Å². The van der Waals surface area contributed by atoms with E-state index >= 15 is 0 Å². The lowest BCUT2D eigenvalue weighted by molar-refractivity contribution is 0.0614. The molecular weight excluding hydrogens is 434 g/mol. The molecule has 1 saturated heterocycles. The van der Waals surface area contributed by atoms with E-state index in [2.05, 4.69) is 16.3 Å². The number of ether oxygens (including phenoxy) is 2. The molecule has 9 nitrogen and oxygen atoms in total. The summed E-state index contributed by atoms with van der Waals surface area (Å²) < 4.78 is 12.5. The number of carbonyl (C=O) groups excluding carboxylic acids is 1. The summed E-state index contributed by atoms with van der Waals surface area (Å²) >= 11 is 0. The van der Waals surface area contributed by atoms with Crippen LogP contribution in [0.5, 0.6) is 0 Å². The topological polar surface area (TPSA) is 88.9 Å². The van der Waals surface area contributed by atoms with Crippen LogP contribution in [0.4, 0.5) is 16.2 Å². The Morgan fingerprint density at radius 2 is 1.97 bits per heavy atom. The molecule has 2 heterocycles. The maximum Gasteiger partial charge on any atom is 0.409 e. The Bertz CT molecular complexity index is 1080. The number of benzene rings is 1. The highest BCUT2D eigenvalue weighted by atomic mass is 16.5. The number of rotatable bonds is 8. The fraction of sp³-hybridized carbons (Fsp3) is 0.560. The number of likely N-dealkylation sites (tertiary alicyclic amines) is 1. The molecule has 2 aromatic rings. The van der Waals surface area contributed by atoms with E-state index < -0.39 is 6.09 Å². The average Bonchev–Trinajstić information content (AvgIpc) is 3.22. The Balaban J connectivity index is 2.03. The molecule has 1 amide bonds. The van der Waals surface area contributed by atoms with Gasteiger partial charge in [0.05, 0.1) is 31.5 Å². The molecule has 1 aromatic heterocycles. The first-order valence-corrected chi connectivity index (χ1v) is 11.9. The normalized spacial score (nSPS) is 17.7.